The number of thiophene rings is 1. The van der Waals surface area contributed by atoms with Gasteiger partial charge < -0.3 is 14.7 Å². The van der Waals surface area contributed by atoms with E-state index in [-0.39, 0.29) is 44.7 Å². The van der Waals surface area contributed by atoms with Crippen LogP contribution < -0.4 is 31.1 Å². The van der Waals surface area contributed by atoms with Crippen molar-refractivity contribution in [1.82, 2.24) is 0 Å². The Bertz CT molecular complexity index is 3720. The molecular formula is C71H78BN3S. The SMILES string of the molecule is Cc1cc2c3c(c1)N1c4c(cc(C(C)(C)C)cc4C4(C)CCCCC14C)B3c1ccc(N(c3ccc4c(c3)C(C)(C)CCC4(C)C)c3ccc4c(c3)C(C)(C)CCC4(C)C)cc1N2c1cccc2sc3ccccc3c12. The minimum absolute atomic E-state index is 0.0163. The molecule has 0 radical (unpaired) electrons. The highest BCUT2D eigenvalue weighted by molar-refractivity contribution is 7.26. The molecule has 0 amide bonds. The van der Waals surface area contributed by atoms with Crippen molar-refractivity contribution in [2.45, 2.75) is 186 Å². The molecule has 386 valence electrons. The summed E-state index contributed by atoms with van der Waals surface area (Å²) in [6.07, 6.45) is 9.67. The fourth-order valence-corrected chi connectivity index (χ4v) is 17.2. The molecule has 4 heterocycles. The molecule has 0 saturated heterocycles. The second-order valence-corrected chi connectivity index (χ2v) is 29.8. The van der Waals surface area contributed by atoms with E-state index in [0.29, 0.717) is 0 Å². The molecule has 6 aliphatic rings. The molecular weight excluding hydrogens is 938 g/mol. The third kappa shape index (κ3) is 6.59. The van der Waals surface area contributed by atoms with Crippen LogP contribution in [0, 0.1) is 6.92 Å². The van der Waals surface area contributed by atoms with Gasteiger partial charge in [0, 0.05) is 65.4 Å². The smallest absolute Gasteiger partial charge is 0.252 e. The lowest BCUT2D eigenvalue weighted by Crippen LogP contribution is -2.64. The van der Waals surface area contributed by atoms with Gasteiger partial charge in [-0.05, 0) is 202 Å². The molecule has 1 aromatic heterocycles. The molecule has 1 saturated carbocycles. The van der Waals surface area contributed by atoms with Crippen LogP contribution in [-0.2, 0) is 32.5 Å². The minimum Gasteiger partial charge on any atom is -0.335 e. The van der Waals surface area contributed by atoms with Crippen molar-refractivity contribution < 1.29 is 0 Å². The van der Waals surface area contributed by atoms with Gasteiger partial charge in [-0.2, -0.15) is 0 Å². The standard InChI is InChI=1S/C71H78BN3S/c1-43-36-58-63-59(37-43)75-64-53(70(13)30-17-18-31-71(70,75)14)38-44(65(2,3)4)39-55(64)72(63)54-29-26-47(42-57(54)74(58)56-21-19-23-61-62(56)48-20-15-16-22-60(48)76-61)73(45-24-27-49-51(40-45)68(9,10)34-32-66(49,5)6)46-25-28-50-52(41-46)69(11,12)35-33-67(50,7)8/h15-16,19-29,36-42H,17-18,30-35H2,1-14H3. The predicted octanol–water partition coefficient (Wildman–Crippen LogP) is 18.2. The van der Waals surface area contributed by atoms with Crippen molar-refractivity contribution in [2.75, 3.05) is 14.7 Å². The molecule has 3 aliphatic heterocycles. The average Bonchev–Trinajstić information content (AvgIpc) is 4.06. The lowest BCUT2D eigenvalue weighted by Gasteiger charge is -2.53. The van der Waals surface area contributed by atoms with Gasteiger partial charge in [0.25, 0.3) is 6.71 Å². The molecule has 76 heavy (non-hydrogen) atoms. The zero-order valence-corrected chi connectivity index (χ0v) is 48.8. The second-order valence-electron chi connectivity index (χ2n) is 28.7. The highest BCUT2D eigenvalue weighted by Gasteiger charge is 2.61. The summed E-state index contributed by atoms with van der Waals surface area (Å²) in [6.45, 7) is 34.7. The summed E-state index contributed by atoms with van der Waals surface area (Å²) >= 11 is 1.92. The molecule has 0 spiro atoms. The van der Waals surface area contributed by atoms with Crippen LogP contribution in [0.2, 0.25) is 0 Å². The first-order chi connectivity index (χ1) is 35.9. The van der Waals surface area contributed by atoms with Crippen LogP contribution in [0.5, 0.6) is 0 Å². The number of nitrogens with zero attached hydrogens (tertiary/aromatic N) is 3. The summed E-state index contributed by atoms with van der Waals surface area (Å²) in [6, 6.07) is 49.4. The van der Waals surface area contributed by atoms with Gasteiger partial charge in [-0.25, -0.2) is 0 Å². The van der Waals surface area contributed by atoms with Crippen molar-refractivity contribution in [2.24, 2.45) is 0 Å². The summed E-state index contributed by atoms with van der Waals surface area (Å²) in [5, 5.41) is 2.67. The quantitative estimate of drug-likeness (QED) is 0.163. The Morgan fingerprint density at radius 2 is 1.08 bits per heavy atom. The van der Waals surface area contributed by atoms with E-state index in [4.69, 9.17) is 0 Å². The highest BCUT2D eigenvalue weighted by Crippen LogP contribution is 2.63. The number of anilines is 8. The molecule has 1 fully saturated rings. The molecule has 3 nitrogen and oxygen atoms in total. The van der Waals surface area contributed by atoms with E-state index < -0.39 is 0 Å². The lowest BCUT2D eigenvalue weighted by atomic mass is 9.33. The summed E-state index contributed by atoms with van der Waals surface area (Å²) < 4.78 is 2.66. The summed E-state index contributed by atoms with van der Waals surface area (Å²) in [7, 11) is 0. The van der Waals surface area contributed by atoms with E-state index in [1.54, 1.807) is 5.56 Å². The largest absolute Gasteiger partial charge is 0.335 e. The van der Waals surface area contributed by atoms with Crippen LogP contribution in [-0.4, -0.2) is 12.3 Å². The normalized spacial score (nSPS) is 22.9. The van der Waals surface area contributed by atoms with Gasteiger partial charge in [-0.3, -0.25) is 0 Å². The van der Waals surface area contributed by atoms with E-state index in [0.717, 1.165) is 0 Å². The maximum Gasteiger partial charge on any atom is 0.252 e. The monoisotopic (exact) mass is 1020 g/mol. The molecule has 14 rings (SSSR count). The molecule has 7 aromatic carbocycles. The van der Waals surface area contributed by atoms with Crippen LogP contribution in [0.25, 0.3) is 20.2 Å². The minimum atomic E-state index is -0.0538. The maximum absolute atomic E-state index is 2.91. The number of rotatable bonds is 4. The van der Waals surface area contributed by atoms with E-state index in [1.807, 2.05) is 11.3 Å². The average molecular weight is 1020 g/mol. The van der Waals surface area contributed by atoms with E-state index in [1.165, 1.54) is 167 Å². The van der Waals surface area contributed by atoms with Gasteiger partial charge in [0.1, 0.15) is 0 Å². The first kappa shape index (κ1) is 48.6. The first-order valence-corrected chi connectivity index (χ1v) is 29.8. The Morgan fingerprint density at radius 1 is 0.500 bits per heavy atom. The number of fused-ring (bicyclic) bond motifs is 12. The fourth-order valence-electron chi connectivity index (χ4n) is 16.1. The third-order valence-electron chi connectivity index (χ3n) is 21.1. The van der Waals surface area contributed by atoms with Crippen LogP contribution in [0.15, 0.2) is 121 Å². The first-order valence-electron chi connectivity index (χ1n) is 29.0. The van der Waals surface area contributed by atoms with Gasteiger partial charge in [-0.15, -0.1) is 11.3 Å². The highest BCUT2D eigenvalue weighted by atomic mass is 32.1. The second kappa shape index (κ2) is 15.7. The number of aryl methyl sites for hydroxylation is 1. The third-order valence-corrected chi connectivity index (χ3v) is 22.2. The topological polar surface area (TPSA) is 9.72 Å². The Morgan fingerprint density at radius 3 is 1.74 bits per heavy atom. The Kier molecular flexibility index (Phi) is 10.0. The van der Waals surface area contributed by atoms with Gasteiger partial charge in [-0.1, -0.05) is 151 Å². The Labute approximate surface area is 458 Å². The van der Waals surface area contributed by atoms with Crippen molar-refractivity contribution in [3.05, 3.63) is 160 Å². The van der Waals surface area contributed by atoms with Crippen LogP contribution in [0.4, 0.5) is 45.5 Å². The summed E-state index contributed by atoms with van der Waals surface area (Å²) in [5.41, 5.74) is 25.3. The van der Waals surface area contributed by atoms with E-state index >= 15 is 0 Å². The lowest BCUT2D eigenvalue weighted by molar-refractivity contribution is 0.195. The fraction of sp³-hybridized carbons (Fsp3) is 0.408. The van der Waals surface area contributed by atoms with E-state index in [9.17, 15) is 0 Å². The Hall–Kier alpha value is -5.78. The van der Waals surface area contributed by atoms with Gasteiger partial charge in [0.05, 0.1) is 11.2 Å². The number of hydrogen-bond acceptors (Lipinski definition) is 4. The molecule has 2 unspecified atom stereocenters. The predicted molar refractivity (Wildman–Crippen MR) is 330 cm³/mol. The molecule has 3 aliphatic carbocycles. The summed E-state index contributed by atoms with van der Waals surface area (Å²) in [4.78, 5) is 8.28. The van der Waals surface area contributed by atoms with Gasteiger partial charge in [0.15, 0.2) is 0 Å². The molecule has 8 aromatic rings. The Balaban J connectivity index is 1.09. The zero-order valence-electron chi connectivity index (χ0n) is 48.0. The van der Waals surface area contributed by atoms with E-state index in [2.05, 4.69) is 233 Å². The van der Waals surface area contributed by atoms with Crippen LogP contribution >= 0.6 is 11.3 Å². The van der Waals surface area contributed by atoms with Crippen molar-refractivity contribution in [3.63, 3.8) is 0 Å². The molecule has 0 bridgehead atoms. The molecule has 0 N–H and O–H groups in total. The van der Waals surface area contributed by atoms with Gasteiger partial charge >= 0.3 is 0 Å². The molecule has 2 atom stereocenters. The van der Waals surface area contributed by atoms with Crippen LogP contribution in [0.3, 0.4) is 0 Å². The molecule has 5 heteroatoms. The van der Waals surface area contributed by atoms with Crippen molar-refractivity contribution in [1.29, 1.82) is 0 Å². The maximum atomic E-state index is 2.91. The number of hydrogen-bond donors (Lipinski definition) is 0. The van der Waals surface area contributed by atoms with Crippen molar-refractivity contribution >= 4 is 100 Å². The summed E-state index contributed by atoms with van der Waals surface area (Å²) in [5.74, 6) is 0. The number of benzene rings is 7. The zero-order chi connectivity index (χ0) is 53.0. The van der Waals surface area contributed by atoms with Gasteiger partial charge in [0.2, 0.25) is 0 Å². The van der Waals surface area contributed by atoms with Crippen LogP contribution in [0.1, 0.15) is 180 Å². The van der Waals surface area contributed by atoms with Crippen molar-refractivity contribution in [3.8, 4) is 0 Å².